The molecule has 3 aromatic rings. The molecule has 2 amide bonds. The first kappa shape index (κ1) is 25.9. The van der Waals surface area contributed by atoms with E-state index in [1.807, 2.05) is 91.9 Å². The normalized spacial score (nSPS) is 11.6. The third kappa shape index (κ3) is 8.23. The summed E-state index contributed by atoms with van der Waals surface area (Å²) in [5.74, 6) is 0.836. The lowest BCUT2D eigenvalue weighted by Crippen LogP contribution is -2.51. The molecule has 3 aromatic carbocycles. The Morgan fingerprint density at radius 1 is 0.882 bits per heavy atom. The molecular formula is C28H31ClN2O2S. The van der Waals surface area contributed by atoms with Crippen LogP contribution in [0, 0.1) is 0 Å². The van der Waals surface area contributed by atoms with Crippen molar-refractivity contribution >= 4 is 35.2 Å². The van der Waals surface area contributed by atoms with Crippen molar-refractivity contribution in [3.8, 4) is 0 Å². The van der Waals surface area contributed by atoms with Gasteiger partial charge >= 0.3 is 0 Å². The number of carbonyl (C=O) groups is 2. The molecule has 178 valence electrons. The van der Waals surface area contributed by atoms with E-state index in [0.717, 1.165) is 23.1 Å². The quantitative estimate of drug-likeness (QED) is 0.349. The number of hydrogen-bond acceptors (Lipinski definition) is 3. The van der Waals surface area contributed by atoms with Crippen LogP contribution in [0.5, 0.6) is 0 Å². The van der Waals surface area contributed by atoms with Gasteiger partial charge in [0.2, 0.25) is 11.8 Å². The van der Waals surface area contributed by atoms with Crippen LogP contribution in [0.15, 0.2) is 84.9 Å². The van der Waals surface area contributed by atoms with Gasteiger partial charge in [0.05, 0.1) is 5.75 Å². The fraction of sp³-hybridized carbons (Fsp3) is 0.286. The number of amides is 2. The highest BCUT2D eigenvalue weighted by Gasteiger charge is 2.30. The van der Waals surface area contributed by atoms with Crippen LogP contribution in [0.2, 0.25) is 5.02 Å². The van der Waals surface area contributed by atoms with Gasteiger partial charge in [0, 0.05) is 30.3 Å². The smallest absolute Gasteiger partial charge is 0.243 e. The van der Waals surface area contributed by atoms with E-state index >= 15 is 0 Å². The molecule has 0 bridgehead atoms. The minimum Gasteiger partial charge on any atom is -0.354 e. The minimum absolute atomic E-state index is 0.0459. The van der Waals surface area contributed by atoms with Gasteiger partial charge in [-0.05, 0) is 35.2 Å². The molecule has 6 heteroatoms. The monoisotopic (exact) mass is 494 g/mol. The summed E-state index contributed by atoms with van der Waals surface area (Å²) < 4.78 is 0. The Balaban J connectivity index is 1.79. The number of nitrogens with one attached hydrogen (secondary N) is 1. The van der Waals surface area contributed by atoms with E-state index in [2.05, 4.69) is 5.32 Å². The zero-order chi connectivity index (χ0) is 24.2. The number of nitrogens with zero attached hydrogens (tertiary/aromatic N) is 1. The van der Waals surface area contributed by atoms with Crippen molar-refractivity contribution in [3.05, 3.63) is 107 Å². The molecule has 0 fully saturated rings. The second-order valence-electron chi connectivity index (χ2n) is 8.12. The summed E-state index contributed by atoms with van der Waals surface area (Å²) in [5.41, 5.74) is 3.14. The van der Waals surface area contributed by atoms with E-state index in [1.165, 1.54) is 0 Å². The van der Waals surface area contributed by atoms with Gasteiger partial charge in [0.15, 0.2) is 0 Å². The second kappa shape index (κ2) is 13.8. The highest BCUT2D eigenvalue weighted by atomic mass is 35.5. The zero-order valence-corrected chi connectivity index (χ0v) is 21.0. The molecule has 0 saturated carbocycles. The van der Waals surface area contributed by atoms with Crippen LogP contribution in [-0.4, -0.2) is 35.1 Å². The summed E-state index contributed by atoms with van der Waals surface area (Å²) in [7, 11) is 0. The molecule has 0 aliphatic carbocycles. The molecular weight excluding hydrogens is 464 g/mol. The first-order valence-corrected chi connectivity index (χ1v) is 13.1. The Morgan fingerprint density at radius 3 is 2.12 bits per heavy atom. The summed E-state index contributed by atoms with van der Waals surface area (Å²) in [6, 6.07) is 26.8. The fourth-order valence-corrected chi connectivity index (χ4v) is 4.62. The van der Waals surface area contributed by atoms with Gasteiger partial charge in [-0.25, -0.2) is 0 Å². The number of thioether (sulfide) groups is 1. The first-order valence-electron chi connectivity index (χ1n) is 11.5. The van der Waals surface area contributed by atoms with E-state index in [9.17, 15) is 9.59 Å². The average Bonchev–Trinajstić information content (AvgIpc) is 2.87. The highest BCUT2D eigenvalue weighted by Crippen LogP contribution is 2.19. The molecule has 0 heterocycles. The van der Waals surface area contributed by atoms with Crippen LogP contribution >= 0.6 is 23.4 Å². The predicted molar refractivity (Wildman–Crippen MR) is 142 cm³/mol. The van der Waals surface area contributed by atoms with E-state index in [1.54, 1.807) is 16.7 Å². The van der Waals surface area contributed by atoms with E-state index in [4.69, 9.17) is 11.6 Å². The second-order valence-corrected chi connectivity index (χ2v) is 9.55. The van der Waals surface area contributed by atoms with E-state index < -0.39 is 6.04 Å². The predicted octanol–water partition coefficient (Wildman–Crippen LogP) is 5.74. The lowest BCUT2D eigenvalue weighted by molar-refractivity contribution is -0.139. The molecule has 3 rings (SSSR count). The minimum atomic E-state index is -0.585. The molecule has 1 N–H and O–H groups in total. The van der Waals surface area contributed by atoms with Crippen LogP contribution in [0.25, 0.3) is 0 Å². The van der Waals surface area contributed by atoms with Crippen molar-refractivity contribution in [1.82, 2.24) is 10.2 Å². The molecule has 4 nitrogen and oxygen atoms in total. The molecule has 34 heavy (non-hydrogen) atoms. The molecule has 0 aliphatic rings. The maximum Gasteiger partial charge on any atom is 0.243 e. The molecule has 0 spiro atoms. The number of rotatable bonds is 12. The first-order chi connectivity index (χ1) is 16.6. The van der Waals surface area contributed by atoms with Gasteiger partial charge in [-0.3, -0.25) is 9.59 Å². The largest absolute Gasteiger partial charge is 0.354 e. The summed E-state index contributed by atoms with van der Waals surface area (Å²) in [6.45, 7) is 2.99. The summed E-state index contributed by atoms with van der Waals surface area (Å²) in [4.78, 5) is 28.5. The van der Waals surface area contributed by atoms with Gasteiger partial charge in [-0.1, -0.05) is 91.3 Å². The van der Waals surface area contributed by atoms with Crippen molar-refractivity contribution < 1.29 is 9.59 Å². The Morgan fingerprint density at radius 2 is 1.50 bits per heavy atom. The Hall–Kier alpha value is -2.76. The molecule has 1 unspecified atom stereocenters. The standard InChI is InChI=1S/C28H31ClN2O2S/c1-2-17-30-28(33)26(18-22-9-5-3-6-10-22)31(19-23-11-7-4-8-12-23)27(32)21-34-20-24-13-15-25(29)16-14-24/h3-16,26H,2,17-21H2,1H3,(H,30,33). The number of benzene rings is 3. The van der Waals surface area contributed by atoms with Crippen LogP contribution in [0.3, 0.4) is 0 Å². The number of hydrogen-bond donors (Lipinski definition) is 1. The average molecular weight is 495 g/mol. The van der Waals surface area contributed by atoms with Crippen LogP contribution < -0.4 is 5.32 Å². The lowest BCUT2D eigenvalue weighted by atomic mass is 10.0. The van der Waals surface area contributed by atoms with Gasteiger partial charge in [0.25, 0.3) is 0 Å². The van der Waals surface area contributed by atoms with E-state index in [-0.39, 0.29) is 11.8 Å². The van der Waals surface area contributed by atoms with Gasteiger partial charge in [-0.2, -0.15) is 0 Å². The highest BCUT2D eigenvalue weighted by molar-refractivity contribution is 7.99. The Kier molecular flexibility index (Phi) is 10.5. The maximum atomic E-state index is 13.5. The third-order valence-electron chi connectivity index (χ3n) is 5.42. The van der Waals surface area contributed by atoms with E-state index in [0.29, 0.717) is 36.0 Å². The molecule has 0 aliphatic heterocycles. The van der Waals surface area contributed by atoms with Gasteiger partial charge < -0.3 is 10.2 Å². The SMILES string of the molecule is CCCNC(=O)C(Cc1ccccc1)N(Cc1ccccc1)C(=O)CSCc1ccc(Cl)cc1. The van der Waals surface area contributed by atoms with Gasteiger partial charge in [-0.15, -0.1) is 11.8 Å². The van der Waals surface area contributed by atoms with Crippen molar-refractivity contribution in [2.75, 3.05) is 12.3 Å². The lowest BCUT2D eigenvalue weighted by Gasteiger charge is -2.31. The van der Waals surface area contributed by atoms with Crippen LogP contribution in [-0.2, 0) is 28.3 Å². The van der Waals surface area contributed by atoms with Crippen LogP contribution in [0.4, 0.5) is 0 Å². The summed E-state index contributed by atoms with van der Waals surface area (Å²) >= 11 is 7.52. The zero-order valence-electron chi connectivity index (χ0n) is 19.5. The number of halogens is 1. The van der Waals surface area contributed by atoms with Crippen LogP contribution in [0.1, 0.15) is 30.0 Å². The van der Waals surface area contributed by atoms with Crippen molar-refractivity contribution in [3.63, 3.8) is 0 Å². The molecule has 0 radical (unpaired) electrons. The van der Waals surface area contributed by atoms with Gasteiger partial charge in [0.1, 0.15) is 6.04 Å². The van der Waals surface area contributed by atoms with Crippen molar-refractivity contribution in [2.45, 2.75) is 38.1 Å². The molecule has 0 aromatic heterocycles. The Bertz CT molecular complexity index is 1030. The van der Waals surface area contributed by atoms with Crippen molar-refractivity contribution in [2.24, 2.45) is 0 Å². The van der Waals surface area contributed by atoms with Crippen molar-refractivity contribution in [1.29, 1.82) is 0 Å². The molecule has 0 saturated heterocycles. The maximum absolute atomic E-state index is 13.5. The summed E-state index contributed by atoms with van der Waals surface area (Å²) in [5, 5.41) is 3.70. The number of carbonyl (C=O) groups excluding carboxylic acids is 2. The third-order valence-corrected chi connectivity index (χ3v) is 6.66. The molecule has 1 atom stereocenters. The Labute approximate surface area is 211 Å². The topological polar surface area (TPSA) is 49.4 Å². The fourth-order valence-electron chi connectivity index (χ4n) is 3.62. The summed E-state index contributed by atoms with van der Waals surface area (Å²) in [6.07, 6.45) is 1.31.